The Bertz CT molecular complexity index is 851. The van der Waals surface area contributed by atoms with Gasteiger partial charge in [-0.15, -0.1) is 0 Å². The van der Waals surface area contributed by atoms with Gasteiger partial charge in [-0.2, -0.15) is 0 Å². The number of anilines is 2. The van der Waals surface area contributed by atoms with Crippen LogP contribution in [0.5, 0.6) is 5.88 Å². The third kappa shape index (κ3) is 4.41. The number of para-hydroxylation sites is 2. The summed E-state index contributed by atoms with van der Waals surface area (Å²) in [5.41, 5.74) is 1.35. The zero-order chi connectivity index (χ0) is 19.2. The molecule has 0 atom stereocenters. The Balaban J connectivity index is 1.59. The molecule has 2 heterocycles. The summed E-state index contributed by atoms with van der Waals surface area (Å²) < 4.78 is 9.93. The van der Waals surface area contributed by atoms with E-state index in [2.05, 4.69) is 10.3 Å². The van der Waals surface area contributed by atoms with E-state index in [-0.39, 0.29) is 11.5 Å². The number of esters is 1. The highest BCUT2D eigenvalue weighted by molar-refractivity contribution is 6.02. The van der Waals surface area contributed by atoms with Crippen molar-refractivity contribution in [3.63, 3.8) is 0 Å². The normalized spacial score (nSPS) is 13.4. The molecule has 0 radical (unpaired) electrons. The number of amides is 2. The summed E-state index contributed by atoms with van der Waals surface area (Å²) in [6.45, 7) is 0.165. The molecular formula is C19H19N3O5. The highest BCUT2D eigenvalue weighted by Crippen LogP contribution is 2.29. The van der Waals surface area contributed by atoms with Crippen molar-refractivity contribution in [3.8, 4) is 5.88 Å². The van der Waals surface area contributed by atoms with Crippen LogP contribution in [0.15, 0.2) is 42.6 Å². The maximum absolute atomic E-state index is 12.2. The number of carbonyl (C=O) groups excluding carboxylic acids is 3. The second-order valence-corrected chi connectivity index (χ2v) is 5.88. The predicted molar refractivity (Wildman–Crippen MR) is 97.7 cm³/mol. The number of hydrogen-bond donors (Lipinski definition) is 1. The lowest BCUT2D eigenvalue weighted by molar-refractivity contribution is -0.119. The number of aromatic nitrogens is 1. The molecule has 27 heavy (non-hydrogen) atoms. The first kappa shape index (κ1) is 18.4. The average molecular weight is 369 g/mol. The van der Waals surface area contributed by atoms with E-state index in [0.717, 1.165) is 6.42 Å². The molecule has 0 spiro atoms. The minimum absolute atomic E-state index is 0.0233. The maximum Gasteiger partial charge on any atom is 0.340 e. The first-order valence-corrected chi connectivity index (χ1v) is 8.45. The highest BCUT2D eigenvalue weighted by Gasteiger charge is 2.24. The van der Waals surface area contributed by atoms with Gasteiger partial charge in [0.1, 0.15) is 0 Å². The monoisotopic (exact) mass is 369 g/mol. The lowest BCUT2D eigenvalue weighted by Gasteiger charge is -2.19. The largest absolute Gasteiger partial charge is 0.481 e. The number of rotatable bonds is 6. The van der Waals surface area contributed by atoms with Crippen LogP contribution in [0.4, 0.5) is 11.4 Å². The average Bonchev–Trinajstić information content (AvgIpc) is 3.12. The van der Waals surface area contributed by atoms with Gasteiger partial charge in [0.25, 0.3) is 5.91 Å². The third-order valence-corrected chi connectivity index (χ3v) is 4.06. The Morgan fingerprint density at radius 2 is 2.04 bits per heavy atom. The fourth-order valence-corrected chi connectivity index (χ4v) is 2.74. The second-order valence-electron chi connectivity index (χ2n) is 5.88. The minimum Gasteiger partial charge on any atom is -0.481 e. The molecule has 1 N–H and O–H groups in total. The molecule has 1 aromatic carbocycles. The summed E-state index contributed by atoms with van der Waals surface area (Å²) in [7, 11) is 1.47. The number of nitrogens with one attached hydrogen (secondary N) is 1. The van der Waals surface area contributed by atoms with Gasteiger partial charge >= 0.3 is 5.97 Å². The van der Waals surface area contributed by atoms with Crippen LogP contribution in [0.2, 0.25) is 0 Å². The lowest BCUT2D eigenvalue weighted by atomic mass is 10.2. The van der Waals surface area contributed by atoms with Gasteiger partial charge < -0.3 is 19.7 Å². The molecule has 2 aromatic rings. The molecule has 8 nitrogen and oxygen atoms in total. The van der Waals surface area contributed by atoms with Crippen molar-refractivity contribution < 1.29 is 23.9 Å². The first-order valence-electron chi connectivity index (χ1n) is 8.45. The van der Waals surface area contributed by atoms with Gasteiger partial charge in [-0.3, -0.25) is 9.59 Å². The molecule has 3 rings (SSSR count). The standard InChI is InChI=1S/C19H19N3O5/c1-26-17-9-8-13(11-20-17)19(25)27-12-16(23)21-14-5-2-3-6-15(14)22-10-4-7-18(22)24/h2-3,5-6,8-9,11H,4,7,10,12H2,1H3,(H,21,23). The summed E-state index contributed by atoms with van der Waals surface area (Å²) in [4.78, 5) is 41.7. The molecule has 8 heteroatoms. The molecule has 0 aliphatic carbocycles. The van der Waals surface area contributed by atoms with E-state index in [1.807, 2.05) is 0 Å². The van der Waals surface area contributed by atoms with Crippen LogP contribution in [0.3, 0.4) is 0 Å². The third-order valence-electron chi connectivity index (χ3n) is 4.06. The van der Waals surface area contributed by atoms with Crippen LogP contribution in [0.1, 0.15) is 23.2 Å². The van der Waals surface area contributed by atoms with Gasteiger partial charge in [0, 0.05) is 25.2 Å². The van der Waals surface area contributed by atoms with E-state index < -0.39 is 18.5 Å². The first-order chi connectivity index (χ1) is 13.1. The molecule has 1 aromatic heterocycles. The number of hydrogen-bond acceptors (Lipinski definition) is 6. The summed E-state index contributed by atoms with van der Waals surface area (Å²) in [5, 5.41) is 2.69. The number of ether oxygens (including phenoxy) is 2. The van der Waals surface area contributed by atoms with E-state index in [1.165, 1.54) is 25.4 Å². The van der Waals surface area contributed by atoms with Crippen LogP contribution >= 0.6 is 0 Å². The van der Waals surface area contributed by atoms with Crippen LogP contribution in [-0.4, -0.2) is 43.0 Å². The van der Waals surface area contributed by atoms with Crippen molar-refractivity contribution >= 4 is 29.2 Å². The van der Waals surface area contributed by atoms with Gasteiger partial charge in [-0.1, -0.05) is 12.1 Å². The van der Waals surface area contributed by atoms with Crippen molar-refractivity contribution in [1.29, 1.82) is 0 Å². The second kappa shape index (κ2) is 8.31. The lowest BCUT2D eigenvalue weighted by Crippen LogP contribution is -2.27. The van der Waals surface area contributed by atoms with Gasteiger partial charge in [-0.05, 0) is 24.6 Å². The van der Waals surface area contributed by atoms with Crippen molar-refractivity contribution in [2.24, 2.45) is 0 Å². The van der Waals surface area contributed by atoms with Crippen LogP contribution < -0.4 is 15.0 Å². The van der Waals surface area contributed by atoms with Gasteiger partial charge in [0.05, 0.1) is 24.0 Å². The van der Waals surface area contributed by atoms with Crippen LogP contribution in [0.25, 0.3) is 0 Å². The van der Waals surface area contributed by atoms with Gasteiger partial charge in [0.15, 0.2) is 6.61 Å². The number of methoxy groups -OCH3 is 1. The molecule has 140 valence electrons. The van der Waals surface area contributed by atoms with Gasteiger partial charge in [-0.25, -0.2) is 9.78 Å². The Kier molecular flexibility index (Phi) is 5.65. The molecule has 0 unspecified atom stereocenters. The topological polar surface area (TPSA) is 97.8 Å². The van der Waals surface area contributed by atoms with Crippen molar-refractivity contribution in [3.05, 3.63) is 48.2 Å². The Labute approximate surface area is 156 Å². The zero-order valence-corrected chi connectivity index (χ0v) is 14.8. The molecule has 1 aliphatic heterocycles. The van der Waals surface area contributed by atoms with Crippen molar-refractivity contribution in [2.45, 2.75) is 12.8 Å². The van der Waals surface area contributed by atoms with Crippen LogP contribution in [-0.2, 0) is 14.3 Å². The SMILES string of the molecule is COc1ccc(C(=O)OCC(=O)Nc2ccccc2N2CCCC2=O)cn1. The fraction of sp³-hybridized carbons (Fsp3) is 0.263. The highest BCUT2D eigenvalue weighted by atomic mass is 16.5. The summed E-state index contributed by atoms with van der Waals surface area (Å²) in [5.74, 6) is -0.764. The van der Waals surface area contributed by atoms with E-state index in [1.54, 1.807) is 29.2 Å². The quantitative estimate of drug-likeness (QED) is 0.782. The molecule has 1 aliphatic rings. The number of benzene rings is 1. The molecule has 1 fully saturated rings. The molecule has 1 saturated heterocycles. The van der Waals surface area contributed by atoms with E-state index in [4.69, 9.17) is 9.47 Å². The van der Waals surface area contributed by atoms with Crippen molar-refractivity contribution in [2.75, 3.05) is 30.5 Å². The van der Waals surface area contributed by atoms with Crippen molar-refractivity contribution in [1.82, 2.24) is 4.98 Å². The summed E-state index contributed by atoms with van der Waals surface area (Å²) in [6, 6.07) is 10.1. The fourth-order valence-electron chi connectivity index (χ4n) is 2.74. The van der Waals surface area contributed by atoms with Gasteiger partial charge in [0.2, 0.25) is 11.8 Å². The Morgan fingerprint density at radius 1 is 1.22 bits per heavy atom. The smallest absolute Gasteiger partial charge is 0.340 e. The molecule has 2 amide bonds. The Morgan fingerprint density at radius 3 is 2.70 bits per heavy atom. The number of carbonyl (C=O) groups is 3. The zero-order valence-electron chi connectivity index (χ0n) is 14.8. The minimum atomic E-state index is -0.664. The molecule has 0 saturated carbocycles. The van der Waals surface area contributed by atoms with Crippen LogP contribution in [0, 0.1) is 0 Å². The van der Waals surface area contributed by atoms with E-state index in [9.17, 15) is 14.4 Å². The van der Waals surface area contributed by atoms with E-state index >= 15 is 0 Å². The maximum atomic E-state index is 12.2. The summed E-state index contributed by atoms with van der Waals surface area (Å²) in [6.07, 6.45) is 2.60. The number of nitrogens with zero attached hydrogens (tertiary/aromatic N) is 2. The predicted octanol–water partition coefficient (Wildman–Crippen LogP) is 2.01. The Hall–Kier alpha value is -3.42. The number of pyridine rings is 1. The molecule has 0 bridgehead atoms. The van der Waals surface area contributed by atoms with E-state index in [0.29, 0.717) is 30.2 Å². The molecular weight excluding hydrogens is 350 g/mol. The summed E-state index contributed by atoms with van der Waals surface area (Å²) >= 11 is 0.